The fourth-order valence-corrected chi connectivity index (χ4v) is 4.04. The van der Waals surface area contributed by atoms with Crippen molar-refractivity contribution in [2.24, 2.45) is 0 Å². The summed E-state index contributed by atoms with van der Waals surface area (Å²) in [6.07, 6.45) is 1.74. The van der Waals surface area contributed by atoms with Gasteiger partial charge in [-0.1, -0.05) is 60.7 Å². The number of carbonyl (C=O) groups excluding carboxylic acids is 4. The molecule has 2 bridgehead atoms. The molecular formula is C27H35N5O6. The first-order chi connectivity index (χ1) is 18.2. The number of carbonyl (C=O) groups is 4. The lowest BCUT2D eigenvalue weighted by Crippen LogP contribution is -2.46. The van der Waals surface area contributed by atoms with Gasteiger partial charge in [-0.2, -0.15) is 5.06 Å². The lowest BCUT2D eigenvalue weighted by atomic mass is 10.1. The lowest BCUT2D eigenvalue weighted by molar-refractivity contribution is -0.140. The van der Waals surface area contributed by atoms with E-state index in [2.05, 4.69) is 10.7 Å². The first kappa shape index (κ1) is 28.5. The van der Waals surface area contributed by atoms with Crippen molar-refractivity contribution in [2.45, 2.75) is 57.9 Å². The SMILES string of the molecule is CC(C)(C)OC(=O)NC(C(=O)NNC=O)c1ccccc1.O=C1N2CCCC(C2)N1OCc1ccccc1. The van der Waals surface area contributed by atoms with Crippen LogP contribution in [-0.4, -0.2) is 59.1 Å². The highest BCUT2D eigenvalue weighted by Crippen LogP contribution is 2.26. The molecule has 2 aliphatic heterocycles. The average Bonchev–Trinajstić information content (AvgIpc) is 3.11. The zero-order chi connectivity index (χ0) is 27.5. The third-order valence-corrected chi connectivity index (χ3v) is 5.71. The zero-order valence-electron chi connectivity index (χ0n) is 21.9. The summed E-state index contributed by atoms with van der Waals surface area (Å²) in [5, 5.41) is 4.04. The number of urea groups is 1. The van der Waals surface area contributed by atoms with Crippen LogP contribution in [0.5, 0.6) is 0 Å². The van der Waals surface area contributed by atoms with Gasteiger partial charge in [0.15, 0.2) is 0 Å². The van der Waals surface area contributed by atoms with E-state index < -0.39 is 23.6 Å². The molecule has 0 aliphatic carbocycles. The normalized spacial score (nSPS) is 17.0. The minimum absolute atomic E-state index is 0.0310. The minimum Gasteiger partial charge on any atom is -0.444 e. The standard InChI is InChI=1S/C14H19N3O4.C13H16N2O2/c1-14(2,3)21-13(20)16-11(12(19)17-15-9-18)10-7-5-4-6-8-10;16-13-14-8-4-7-12(9-14)15(13)17-10-11-5-2-1-3-6-11/h4-9,11H,1-3H3,(H,15,18)(H,16,20)(H,17,19);1-3,5-6,12H,4,7-10H2. The zero-order valence-corrected chi connectivity index (χ0v) is 21.9. The molecule has 2 aliphatic rings. The van der Waals surface area contributed by atoms with Gasteiger partial charge >= 0.3 is 12.1 Å². The first-order valence-corrected chi connectivity index (χ1v) is 12.5. The Kier molecular flexibility index (Phi) is 10.1. The Morgan fingerprint density at radius 2 is 1.74 bits per heavy atom. The summed E-state index contributed by atoms with van der Waals surface area (Å²) in [6, 6.07) is 17.9. The lowest BCUT2D eigenvalue weighted by Gasteiger charge is -2.23. The van der Waals surface area contributed by atoms with Crippen molar-refractivity contribution >= 4 is 24.4 Å². The molecule has 2 fully saturated rings. The van der Waals surface area contributed by atoms with E-state index in [9.17, 15) is 19.2 Å². The van der Waals surface area contributed by atoms with Crippen LogP contribution in [-0.2, 0) is 25.8 Å². The molecule has 2 saturated heterocycles. The monoisotopic (exact) mass is 525 g/mol. The van der Waals surface area contributed by atoms with E-state index in [1.165, 1.54) is 0 Å². The summed E-state index contributed by atoms with van der Waals surface area (Å²) in [5.74, 6) is -0.584. The van der Waals surface area contributed by atoms with E-state index in [0.717, 1.165) is 31.5 Å². The Hall–Kier alpha value is -4.12. The van der Waals surface area contributed by atoms with Crippen LogP contribution in [0.2, 0.25) is 0 Å². The highest BCUT2D eigenvalue weighted by atomic mass is 16.7. The van der Waals surface area contributed by atoms with Crippen LogP contribution in [0.4, 0.5) is 9.59 Å². The van der Waals surface area contributed by atoms with Gasteiger partial charge in [-0.05, 0) is 44.7 Å². The quantitative estimate of drug-likeness (QED) is 0.359. The Balaban J connectivity index is 0.000000214. The predicted molar refractivity (Wildman–Crippen MR) is 139 cm³/mol. The van der Waals surface area contributed by atoms with Gasteiger partial charge in [-0.15, -0.1) is 0 Å². The second-order valence-corrected chi connectivity index (χ2v) is 9.85. The number of rotatable bonds is 8. The average molecular weight is 526 g/mol. The summed E-state index contributed by atoms with van der Waals surface area (Å²) in [7, 11) is 0. The Labute approximate surface area is 222 Å². The van der Waals surface area contributed by atoms with Gasteiger partial charge in [-0.25, -0.2) is 9.59 Å². The van der Waals surface area contributed by atoms with E-state index in [4.69, 9.17) is 9.57 Å². The van der Waals surface area contributed by atoms with Crippen LogP contribution in [0.25, 0.3) is 0 Å². The molecule has 204 valence electrons. The molecule has 2 unspecified atom stereocenters. The molecule has 2 atom stereocenters. The highest BCUT2D eigenvalue weighted by Gasteiger charge is 2.40. The van der Waals surface area contributed by atoms with E-state index in [1.807, 2.05) is 40.7 Å². The molecule has 0 saturated carbocycles. The second-order valence-electron chi connectivity index (χ2n) is 9.85. The molecule has 5 amide bonds. The minimum atomic E-state index is -0.978. The molecule has 2 heterocycles. The smallest absolute Gasteiger partial charge is 0.408 e. The van der Waals surface area contributed by atoms with Gasteiger partial charge in [0, 0.05) is 13.1 Å². The number of benzene rings is 2. The fraction of sp³-hybridized carbons (Fsp3) is 0.407. The Morgan fingerprint density at radius 3 is 2.34 bits per heavy atom. The van der Waals surface area contributed by atoms with Crippen molar-refractivity contribution in [3.8, 4) is 0 Å². The van der Waals surface area contributed by atoms with Crippen molar-refractivity contribution in [1.29, 1.82) is 0 Å². The summed E-state index contributed by atoms with van der Waals surface area (Å²) in [6.45, 7) is 7.33. The van der Waals surface area contributed by atoms with Crippen LogP contribution >= 0.6 is 0 Å². The number of hydroxylamine groups is 2. The van der Waals surface area contributed by atoms with E-state index in [1.54, 1.807) is 56.2 Å². The van der Waals surface area contributed by atoms with Gasteiger partial charge in [-0.3, -0.25) is 25.3 Å². The molecule has 11 heteroatoms. The second kappa shape index (κ2) is 13.4. The van der Waals surface area contributed by atoms with E-state index in [0.29, 0.717) is 18.6 Å². The maximum Gasteiger partial charge on any atom is 0.408 e. The number of nitrogens with one attached hydrogen (secondary N) is 3. The number of hydrazine groups is 1. The van der Waals surface area contributed by atoms with Crippen LogP contribution in [0, 0.1) is 0 Å². The van der Waals surface area contributed by atoms with Crippen molar-refractivity contribution < 1.29 is 28.8 Å². The summed E-state index contributed by atoms with van der Waals surface area (Å²) < 4.78 is 5.12. The molecule has 2 aromatic rings. The van der Waals surface area contributed by atoms with Gasteiger partial charge in [0.05, 0.1) is 6.04 Å². The van der Waals surface area contributed by atoms with Crippen LogP contribution in [0.1, 0.15) is 50.8 Å². The molecule has 38 heavy (non-hydrogen) atoms. The third kappa shape index (κ3) is 8.48. The van der Waals surface area contributed by atoms with Gasteiger partial charge in [0.2, 0.25) is 6.41 Å². The molecule has 4 rings (SSSR count). The number of piperidine rings is 1. The third-order valence-electron chi connectivity index (χ3n) is 5.71. The molecule has 2 aromatic carbocycles. The van der Waals surface area contributed by atoms with Crippen molar-refractivity contribution in [2.75, 3.05) is 13.1 Å². The van der Waals surface area contributed by atoms with E-state index in [-0.39, 0.29) is 12.1 Å². The molecular weight excluding hydrogens is 490 g/mol. The topological polar surface area (TPSA) is 129 Å². The highest BCUT2D eigenvalue weighted by molar-refractivity contribution is 5.87. The number of amides is 5. The predicted octanol–water partition coefficient (Wildman–Crippen LogP) is 3.05. The molecule has 0 aromatic heterocycles. The number of fused-ring (bicyclic) bond motifs is 2. The number of ether oxygens (including phenoxy) is 1. The number of hydrogen-bond donors (Lipinski definition) is 3. The molecule has 11 nitrogen and oxygen atoms in total. The Bertz CT molecular complexity index is 1080. The summed E-state index contributed by atoms with van der Waals surface area (Å²) >= 11 is 0. The summed E-state index contributed by atoms with van der Waals surface area (Å²) in [5.41, 5.74) is 5.20. The largest absolute Gasteiger partial charge is 0.444 e. The molecule has 3 N–H and O–H groups in total. The number of alkyl carbamates (subject to hydrolysis) is 1. The van der Waals surface area contributed by atoms with Gasteiger partial charge < -0.3 is 15.0 Å². The van der Waals surface area contributed by atoms with Crippen LogP contribution in [0.3, 0.4) is 0 Å². The van der Waals surface area contributed by atoms with Gasteiger partial charge in [0.25, 0.3) is 5.91 Å². The fourth-order valence-electron chi connectivity index (χ4n) is 4.04. The number of nitrogens with zero attached hydrogens (tertiary/aromatic N) is 2. The van der Waals surface area contributed by atoms with Crippen molar-refractivity contribution in [3.05, 3.63) is 71.8 Å². The first-order valence-electron chi connectivity index (χ1n) is 12.5. The molecule has 0 spiro atoms. The Morgan fingerprint density at radius 1 is 1.08 bits per heavy atom. The van der Waals surface area contributed by atoms with Crippen molar-refractivity contribution in [1.82, 2.24) is 26.1 Å². The maximum absolute atomic E-state index is 12.0. The van der Waals surface area contributed by atoms with Crippen LogP contribution < -0.4 is 16.2 Å². The summed E-state index contributed by atoms with van der Waals surface area (Å²) in [4.78, 5) is 53.5. The van der Waals surface area contributed by atoms with Crippen LogP contribution in [0.15, 0.2) is 60.7 Å². The van der Waals surface area contributed by atoms with E-state index >= 15 is 0 Å². The number of hydrogen-bond acceptors (Lipinski definition) is 6. The van der Waals surface area contributed by atoms with Crippen molar-refractivity contribution in [3.63, 3.8) is 0 Å². The molecule has 0 radical (unpaired) electrons. The van der Waals surface area contributed by atoms with Gasteiger partial charge in [0.1, 0.15) is 18.2 Å². The maximum atomic E-state index is 12.0.